The second kappa shape index (κ2) is 23.6. The Morgan fingerprint density at radius 2 is 0.968 bits per heavy atom. The smallest absolute Gasteiger partial charge is 0.308 e. The maximum absolute atomic E-state index is 12.1. The van der Waals surface area contributed by atoms with Crippen molar-refractivity contribution in [3.63, 3.8) is 0 Å². The van der Waals surface area contributed by atoms with E-state index < -0.39 is 5.97 Å². The van der Waals surface area contributed by atoms with Crippen molar-refractivity contribution in [2.24, 2.45) is 5.92 Å². The van der Waals surface area contributed by atoms with Gasteiger partial charge in [0.25, 0.3) is 0 Å². The molecule has 0 amide bonds. The van der Waals surface area contributed by atoms with Gasteiger partial charge in [0.1, 0.15) is 0 Å². The van der Waals surface area contributed by atoms with E-state index in [1.54, 1.807) is 0 Å². The fourth-order valence-corrected chi connectivity index (χ4v) is 4.33. The molecule has 4 nitrogen and oxygen atoms in total. The lowest BCUT2D eigenvalue weighted by Crippen LogP contribution is -2.16. The zero-order valence-electron chi connectivity index (χ0n) is 20.8. The van der Waals surface area contributed by atoms with E-state index in [9.17, 15) is 9.59 Å². The van der Waals surface area contributed by atoms with Crippen LogP contribution in [0.2, 0.25) is 0 Å². The van der Waals surface area contributed by atoms with Crippen LogP contribution in [0.25, 0.3) is 0 Å². The molecule has 0 heterocycles. The largest absolute Gasteiger partial charge is 0.481 e. The Labute approximate surface area is 192 Å². The minimum atomic E-state index is -0.675. The molecule has 184 valence electrons. The van der Waals surface area contributed by atoms with Gasteiger partial charge in [-0.1, -0.05) is 122 Å². The molecule has 0 fully saturated rings. The van der Waals surface area contributed by atoms with Crippen LogP contribution in [0.3, 0.4) is 0 Å². The Hall–Kier alpha value is -1.06. The molecule has 1 N–H and O–H groups in total. The molecule has 0 aliphatic carbocycles. The summed E-state index contributed by atoms with van der Waals surface area (Å²) in [6, 6.07) is 0. The van der Waals surface area contributed by atoms with E-state index in [0.29, 0.717) is 6.42 Å². The molecule has 31 heavy (non-hydrogen) atoms. The third-order valence-corrected chi connectivity index (χ3v) is 6.38. The highest BCUT2D eigenvalue weighted by Crippen LogP contribution is 2.21. The second-order valence-corrected chi connectivity index (χ2v) is 9.31. The van der Waals surface area contributed by atoms with Crippen LogP contribution in [0.5, 0.6) is 0 Å². The van der Waals surface area contributed by atoms with Crippen LogP contribution >= 0.6 is 0 Å². The average molecular weight is 441 g/mol. The van der Waals surface area contributed by atoms with Crippen molar-refractivity contribution >= 4 is 11.9 Å². The molecular formula is C27H52O4. The number of hydrogen-bond acceptors (Lipinski definition) is 3. The Morgan fingerprint density at radius 3 is 1.32 bits per heavy atom. The fraction of sp³-hybridized carbons (Fsp3) is 0.926. The highest BCUT2D eigenvalue weighted by molar-refractivity contribution is 5.72. The molecule has 0 saturated carbocycles. The summed E-state index contributed by atoms with van der Waals surface area (Å²) in [6.07, 6.45) is 25.8. The standard InChI is InChI=1S/C27H52O4/c1-3-4-5-6-7-13-16-19-22-25(27(30)31-2)23-20-17-14-11-9-8-10-12-15-18-21-24-26(28)29/h25H,3-24H2,1-2H3,(H,28,29). The van der Waals surface area contributed by atoms with E-state index in [1.807, 2.05) is 0 Å². The molecular weight excluding hydrogens is 388 g/mol. The number of carbonyl (C=O) groups is 2. The van der Waals surface area contributed by atoms with Gasteiger partial charge in [-0.05, 0) is 19.3 Å². The molecule has 0 spiro atoms. The van der Waals surface area contributed by atoms with Gasteiger partial charge in [-0.2, -0.15) is 0 Å². The molecule has 4 heteroatoms. The zero-order valence-corrected chi connectivity index (χ0v) is 20.8. The summed E-state index contributed by atoms with van der Waals surface area (Å²) < 4.78 is 5.04. The first-order chi connectivity index (χ1) is 15.1. The van der Waals surface area contributed by atoms with E-state index in [0.717, 1.165) is 38.5 Å². The molecule has 0 aromatic carbocycles. The van der Waals surface area contributed by atoms with Gasteiger partial charge in [0.05, 0.1) is 13.0 Å². The number of rotatable bonds is 24. The minimum Gasteiger partial charge on any atom is -0.481 e. The van der Waals surface area contributed by atoms with E-state index >= 15 is 0 Å². The van der Waals surface area contributed by atoms with Gasteiger partial charge >= 0.3 is 11.9 Å². The summed E-state index contributed by atoms with van der Waals surface area (Å²) >= 11 is 0. The first kappa shape index (κ1) is 29.9. The molecule has 1 unspecified atom stereocenters. The first-order valence-electron chi connectivity index (χ1n) is 13.4. The van der Waals surface area contributed by atoms with E-state index in [-0.39, 0.29) is 11.9 Å². The van der Waals surface area contributed by atoms with Crippen LogP contribution in [0.4, 0.5) is 0 Å². The van der Waals surface area contributed by atoms with Crippen molar-refractivity contribution in [3.05, 3.63) is 0 Å². The van der Waals surface area contributed by atoms with Gasteiger partial charge in [-0.15, -0.1) is 0 Å². The molecule has 0 rings (SSSR count). The van der Waals surface area contributed by atoms with Crippen molar-refractivity contribution in [1.82, 2.24) is 0 Å². The van der Waals surface area contributed by atoms with E-state index in [4.69, 9.17) is 9.84 Å². The summed E-state index contributed by atoms with van der Waals surface area (Å²) in [4.78, 5) is 22.5. The van der Waals surface area contributed by atoms with Crippen molar-refractivity contribution in [3.8, 4) is 0 Å². The highest BCUT2D eigenvalue weighted by Gasteiger charge is 2.18. The molecule has 0 radical (unpaired) electrons. The van der Waals surface area contributed by atoms with Crippen LogP contribution in [0, 0.1) is 5.92 Å². The lowest BCUT2D eigenvalue weighted by molar-refractivity contribution is -0.146. The summed E-state index contributed by atoms with van der Waals surface area (Å²) in [5.74, 6) is -0.580. The van der Waals surface area contributed by atoms with Crippen LogP contribution in [-0.4, -0.2) is 24.2 Å². The molecule has 0 aliphatic heterocycles. The number of esters is 1. The molecule has 1 atom stereocenters. The molecule has 0 saturated heterocycles. The molecule has 0 bridgehead atoms. The Bertz CT molecular complexity index is 408. The summed E-state index contributed by atoms with van der Waals surface area (Å²) in [5.41, 5.74) is 0. The van der Waals surface area contributed by atoms with Gasteiger partial charge in [0.2, 0.25) is 0 Å². The molecule has 0 aromatic rings. The summed E-state index contributed by atoms with van der Waals surface area (Å²) in [5, 5.41) is 8.61. The van der Waals surface area contributed by atoms with Crippen LogP contribution in [0.1, 0.15) is 148 Å². The van der Waals surface area contributed by atoms with E-state index in [1.165, 1.54) is 103 Å². The van der Waals surface area contributed by atoms with Gasteiger partial charge in [0, 0.05) is 6.42 Å². The Morgan fingerprint density at radius 1 is 0.613 bits per heavy atom. The Balaban J connectivity index is 3.55. The first-order valence-corrected chi connectivity index (χ1v) is 13.4. The number of ether oxygens (including phenoxy) is 1. The van der Waals surface area contributed by atoms with Crippen LogP contribution in [-0.2, 0) is 14.3 Å². The lowest BCUT2D eigenvalue weighted by atomic mass is 9.94. The number of unbranched alkanes of at least 4 members (excludes halogenated alkanes) is 17. The van der Waals surface area contributed by atoms with Crippen molar-refractivity contribution in [2.45, 2.75) is 148 Å². The summed E-state index contributed by atoms with van der Waals surface area (Å²) in [6.45, 7) is 2.25. The molecule has 0 aliphatic rings. The summed E-state index contributed by atoms with van der Waals surface area (Å²) in [7, 11) is 1.52. The number of hydrogen-bond donors (Lipinski definition) is 1. The number of methoxy groups -OCH3 is 1. The van der Waals surface area contributed by atoms with Crippen molar-refractivity contribution < 1.29 is 19.4 Å². The van der Waals surface area contributed by atoms with Gasteiger partial charge in [0.15, 0.2) is 0 Å². The predicted molar refractivity (Wildman–Crippen MR) is 130 cm³/mol. The SMILES string of the molecule is CCCCCCCCCCC(CCCCCCCCCCCCCC(=O)O)C(=O)OC. The zero-order chi connectivity index (χ0) is 23.0. The van der Waals surface area contributed by atoms with E-state index in [2.05, 4.69) is 6.92 Å². The van der Waals surface area contributed by atoms with Crippen molar-refractivity contribution in [2.75, 3.05) is 7.11 Å². The molecule has 0 aromatic heterocycles. The number of carbonyl (C=O) groups excluding carboxylic acids is 1. The minimum absolute atomic E-state index is 0.00806. The van der Waals surface area contributed by atoms with Gasteiger partial charge in [-0.3, -0.25) is 9.59 Å². The number of carboxylic acid groups (broad SMARTS) is 1. The third kappa shape index (κ3) is 21.9. The Kier molecular flexibility index (Phi) is 22.8. The second-order valence-electron chi connectivity index (χ2n) is 9.31. The monoisotopic (exact) mass is 440 g/mol. The quantitative estimate of drug-likeness (QED) is 0.121. The van der Waals surface area contributed by atoms with Crippen LogP contribution in [0.15, 0.2) is 0 Å². The predicted octanol–water partition coefficient (Wildman–Crippen LogP) is 8.46. The maximum Gasteiger partial charge on any atom is 0.308 e. The topological polar surface area (TPSA) is 63.6 Å². The normalized spacial score (nSPS) is 12.1. The average Bonchev–Trinajstić information content (AvgIpc) is 2.76. The van der Waals surface area contributed by atoms with Crippen molar-refractivity contribution in [1.29, 1.82) is 0 Å². The highest BCUT2D eigenvalue weighted by atomic mass is 16.5. The fourth-order valence-electron chi connectivity index (χ4n) is 4.33. The lowest BCUT2D eigenvalue weighted by Gasteiger charge is -2.14. The van der Waals surface area contributed by atoms with Crippen LogP contribution < -0.4 is 0 Å². The number of carboxylic acids is 1. The van der Waals surface area contributed by atoms with Gasteiger partial charge in [-0.25, -0.2) is 0 Å². The third-order valence-electron chi connectivity index (χ3n) is 6.38. The van der Waals surface area contributed by atoms with Gasteiger partial charge < -0.3 is 9.84 Å². The number of aliphatic carboxylic acids is 1. The maximum atomic E-state index is 12.1.